The normalized spacial score (nSPS) is 16.8. The molecular weight excluding hydrogens is 798 g/mol. The van der Waals surface area contributed by atoms with Gasteiger partial charge in [0, 0.05) is 56.9 Å². The number of piperazine rings is 1. The quantitative estimate of drug-likeness (QED) is 0.122. The van der Waals surface area contributed by atoms with Gasteiger partial charge in [-0.2, -0.15) is 49.5 Å². The minimum Gasteiger partial charge on any atom is -0.466 e. The Hall–Kier alpha value is -5.01. The van der Waals surface area contributed by atoms with E-state index in [9.17, 15) is 48.9 Å². The molecule has 0 spiro atoms. The van der Waals surface area contributed by atoms with Gasteiger partial charge in [-0.05, 0) is 60.5 Å². The molecule has 1 atom stereocenters. The smallest absolute Gasteiger partial charge is 0.466 e. The molecule has 57 heavy (non-hydrogen) atoms. The summed E-state index contributed by atoms with van der Waals surface area (Å²) in [6.45, 7) is 4.79. The first-order chi connectivity index (χ1) is 26.8. The lowest BCUT2D eigenvalue weighted by Gasteiger charge is -2.42. The number of pyridine rings is 1. The number of anilines is 5. The summed E-state index contributed by atoms with van der Waals surface area (Å²) < 4.78 is 144. The van der Waals surface area contributed by atoms with Crippen molar-refractivity contribution in [2.75, 3.05) is 68.5 Å². The molecule has 0 saturated carbocycles. The van der Waals surface area contributed by atoms with Crippen LogP contribution in [0.15, 0.2) is 48.7 Å². The molecule has 4 heterocycles. The number of carbonyl (C=O) groups is 1. The molecule has 12 nitrogen and oxygen atoms in total. The van der Waals surface area contributed by atoms with Crippen molar-refractivity contribution in [2.45, 2.75) is 44.3 Å². The molecule has 2 N–H and O–H groups in total. The van der Waals surface area contributed by atoms with Crippen molar-refractivity contribution in [3.8, 4) is 5.88 Å². The van der Waals surface area contributed by atoms with Gasteiger partial charge in [-0.1, -0.05) is 24.3 Å². The third-order valence-electron chi connectivity index (χ3n) is 9.42. The second kappa shape index (κ2) is 16.5. The Balaban J connectivity index is 1.32. The van der Waals surface area contributed by atoms with E-state index in [0.29, 0.717) is 42.1 Å². The zero-order chi connectivity index (χ0) is 41.3. The number of benzene rings is 2. The molecule has 0 radical (unpaired) electrons. The molecule has 22 heteroatoms. The molecule has 306 valence electrons. The molecule has 0 bridgehead atoms. The highest BCUT2D eigenvalue weighted by molar-refractivity contribution is 7.50. The van der Waals surface area contributed by atoms with Gasteiger partial charge in [0.25, 0.3) is 5.30 Å². The molecule has 2 fully saturated rings. The lowest BCUT2D eigenvalue weighted by molar-refractivity contribution is -0.189. The fourth-order valence-electron chi connectivity index (χ4n) is 6.61. The van der Waals surface area contributed by atoms with E-state index in [0.717, 1.165) is 45.1 Å². The van der Waals surface area contributed by atoms with Gasteiger partial charge >= 0.3 is 32.5 Å². The van der Waals surface area contributed by atoms with E-state index in [1.807, 2.05) is 4.90 Å². The number of ether oxygens (including phenoxy) is 1. The molecule has 2 saturated heterocycles. The van der Waals surface area contributed by atoms with Crippen molar-refractivity contribution in [2.24, 2.45) is 0 Å². The number of piperidine rings is 1. The van der Waals surface area contributed by atoms with E-state index in [2.05, 4.69) is 47.0 Å². The predicted molar refractivity (Wildman–Crippen MR) is 192 cm³/mol. The van der Waals surface area contributed by atoms with Gasteiger partial charge in [0.1, 0.15) is 22.9 Å². The van der Waals surface area contributed by atoms with Crippen LogP contribution in [0.5, 0.6) is 5.88 Å². The first kappa shape index (κ1) is 41.6. The van der Waals surface area contributed by atoms with Crippen LogP contribution >= 0.6 is 8.03 Å². The maximum absolute atomic E-state index is 14.3. The van der Waals surface area contributed by atoms with Crippen LogP contribution in [0.25, 0.3) is 10.8 Å². The van der Waals surface area contributed by atoms with E-state index in [1.165, 1.54) is 36.4 Å². The van der Waals surface area contributed by atoms with Crippen LogP contribution in [0.4, 0.5) is 68.5 Å². The molecule has 2 aliphatic heterocycles. The highest BCUT2D eigenvalue weighted by Gasteiger charge is 2.48. The van der Waals surface area contributed by atoms with Crippen molar-refractivity contribution in [3.63, 3.8) is 0 Å². The summed E-state index contributed by atoms with van der Waals surface area (Å²) >= 11 is 0. The molecule has 2 aromatic carbocycles. The van der Waals surface area contributed by atoms with Gasteiger partial charge < -0.3 is 25.2 Å². The first-order valence-corrected chi connectivity index (χ1v) is 18.6. The van der Waals surface area contributed by atoms with Crippen LogP contribution in [0.3, 0.4) is 0 Å². The molecule has 2 aromatic heterocycles. The number of likely N-dealkylation sites (N-methyl/N-ethyl adjacent to an activating group) is 1. The lowest BCUT2D eigenvalue weighted by Crippen LogP contribution is -2.52. The molecule has 0 amide bonds. The number of hydrogen-bond donors (Lipinski definition) is 2. The Bertz CT molecular complexity index is 2120. The summed E-state index contributed by atoms with van der Waals surface area (Å²) in [5, 5.41) is 4.62. The van der Waals surface area contributed by atoms with Gasteiger partial charge in [-0.25, -0.2) is 14.3 Å². The number of nitrogens with one attached hydrogen (secondary N) is 2. The van der Waals surface area contributed by atoms with Crippen LogP contribution < -0.4 is 25.6 Å². The number of alkyl halides is 9. The topological polar surface area (TPSA) is 125 Å². The largest absolute Gasteiger partial charge is 0.603 e. The highest BCUT2D eigenvalue weighted by Crippen LogP contribution is 2.40. The standard InChI is InChI=1S/C35H35F9N8O4P/c1-20-17-26(30(55-19-33(36,37)38)49-29(20)52-11-9-22(10-12-52)51-15-13-50(2)14-16-51)47-32-45-18-24(34(39,40)41)28(48-32)46-25-8-7-21-5-3-4-6-23(21)27(25)57(54)56-31(53)35(42,43)44/h3-8,17-18,22H,9-16,19H2,1-2H3,(H2,45,46,47,48)/q+1. The second-order valence-corrected chi connectivity index (χ2v) is 14.6. The number of nitrogens with zero attached hydrogens (tertiary/aromatic N) is 6. The number of rotatable bonds is 10. The zero-order valence-corrected chi connectivity index (χ0v) is 31.1. The highest BCUT2D eigenvalue weighted by atomic mass is 31.1. The van der Waals surface area contributed by atoms with Gasteiger partial charge in [-0.3, -0.25) is 4.90 Å². The summed E-state index contributed by atoms with van der Waals surface area (Å²) in [6.07, 6.45) is -13.5. The maximum atomic E-state index is 14.3. The van der Waals surface area contributed by atoms with Gasteiger partial charge in [0.15, 0.2) is 6.61 Å². The monoisotopic (exact) mass is 833 g/mol. The van der Waals surface area contributed by atoms with E-state index in [-0.39, 0.29) is 11.1 Å². The summed E-state index contributed by atoms with van der Waals surface area (Å²) in [5.41, 5.74) is -1.66. The third-order valence-corrected chi connectivity index (χ3v) is 10.6. The summed E-state index contributed by atoms with van der Waals surface area (Å²) in [6, 6.07) is 9.91. The average Bonchev–Trinajstić information content (AvgIpc) is 3.13. The van der Waals surface area contributed by atoms with Gasteiger partial charge in [0.05, 0.1) is 5.69 Å². The summed E-state index contributed by atoms with van der Waals surface area (Å²) in [7, 11) is -1.61. The minimum atomic E-state index is -5.53. The van der Waals surface area contributed by atoms with Crippen LogP contribution in [0.2, 0.25) is 0 Å². The number of aromatic nitrogens is 3. The zero-order valence-electron chi connectivity index (χ0n) is 30.2. The predicted octanol–water partition coefficient (Wildman–Crippen LogP) is 7.47. The van der Waals surface area contributed by atoms with Crippen molar-refractivity contribution in [3.05, 3.63) is 59.8 Å². The third kappa shape index (κ3) is 10.1. The Morgan fingerprint density at radius 3 is 2.23 bits per heavy atom. The number of fused-ring (bicyclic) bond motifs is 1. The molecule has 4 aromatic rings. The first-order valence-electron chi connectivity index (χ1n) is 17.4. The van der Waals surface area contributed by atoms with Gasteiger partial charge in [0.2, 0.25) is 11.8 Å². The van der Waals surface area contributed by atoms with E-state index in [4.69, 9.17) is 4.74 Å². The Labute approximate surface area is 320 Å². The molecular formula is C35H35F9N8O4P+. The lowest BCUT2D eigenvalue weighted by atomic mass is 10.0. The molecule has 1 unspecified atom stereocenters. The summed E-state index contributed by atoms with van der Waals surface area (Å²) in [4.78, 5) is 30.2. The van der Waals surface area contributed by atoms with Crippen molar-refractivity contribution >= 4 is 59.0 Å². The van der Waals surface area contributed by atoms with Crippen LogP contribution in [-0.4, -0.2) is 102 Å². The maximum Gasteiger partial charge on any atom is 0.603 e. The number of aryl methyl sites for hydroxylation is 1. The summed E-state index contributed by atoms with van der Waals surface area (Å²) in [5.74, 6) is -4.55. The fourth-order valence-corrected chi connectivity index (χ4v) is 7.68. The Morgan fingerprint density at radius 2 is 1.58 bits per heavy atom. The van der Waals surface area contributed by atoms with Crippen LogP contribution in [0, 0.1) is 6.92 Å². The molecule has 0 aliphatic carbocycles. The number of hydrogen-bond acceptors (Lipinski definition) is 12. The van der Waals surface area contributed by atoms with Crippen LogP contribution in [0.1, 0.15) is 24.0 Å². The van der Waals surface area contributed by atoms with Crippen LogP contribution in [-0.2, 0) is 20.1 Å². The second-order valence-electron chi connectivity index (χ2n) is 13.5. The molecule has 6 rings (SSSR count). The van der Waals surface area contributed by atoms with Crippen molar-refractivity contribution in [1.82, 2.24) is 24.8 Å². The fraction of sp³-hybridized carbons (Fsp3) is 0.429. The van der Waals surface area contributed by atoms with Crippen molar-refractivity contribution in [1.29, 1.82) is 0 Å². The number of halogens is 9. The van der Waals surface area contributed by atoms with Gasteiger partial charge in [-0.15, -0.1) is 0 Å². The van der Waals surface area contributed by atoms with E-state index >= 15 is 0 Å². The average molecular weight is 834 g/mol. The van der Waals surface area contributed by atoms with Crippen molar-refractivity contribution < 1.29 is 58.1 Å². The minimum absolute atomic E-state index is 0.0174. The molecule has 2 aliphatic rings. The van der Waals surface area contributed by atoms with E-state index in [1.54, 1.807) is 6.92 Å². The SMILES string of the molecule is Cc1cc(Nc2ncc(C(F)(F)F)c(Nc3ccc4ccccc4c3[P+](=O)OC(=O)C(F)(F)F)n2)c(OCC(F)(F)F)nc1N1CCC(N2CCN(C)CC2)CC1. The Kier molecular flexibility index (Phi) is 12.0. The van der Waals surface area contributed by atoms with E-state index < -0.39 is 73.3 Å². The Morgan fingerprint density at radius 1 is 0.895 bits per heavy atom. The number of carbonyl (C=O) groups excluding carboxylic acids is 1.